The summed E-state index contributed by atoms with van der Waals surface area (Å²) in [5.41, 5.74) is 1.11. The average molecular weight is 357 g/mol. The molecule has 3 rings (SSSR count). The summed E-state index contributed by atoms with van der Waals surface area (Å²) in [7, 11) is 0. The first-order chi connectivity index (χ1) is 12.4. The van der Waals surface area contributed by atoms with Crippen molar-refractivity contribution in [3.8, 4) is 0 Å². The molecule has 0 spiro atoms. The second-order valence-electron chi connectivity index (χ2n) is 5.69. The van der Waals surface area contributed by atoms with Gasteiger partial charge >= 0.3 is 5.97 Å². The Morgan fingerprint density at radius 2 is 2.12 bits per heavy atom. The number of nitrogens with zero attached hydrogens (tertiary/aromatic N) is 4. The van der Waals surface area contributed by atoms with Crippen LogP contribution in [0.2, 0.25) is 0 Å². The fourth-order valence-corrected chi connectivity index (χ4v) is 2.49. The Morgan fingerprint density at radius 1 is 1.31 bits per heavy atom. The zero-order valence-electron chi connectivity index (χ0n) is 13.8. The SMILES string of the molecule is CC(C(=O)Nc1cnn(Cc2cccc(F)c2)c1)n1nccc1C(=O)O. The molecule has 26 heavy (non-hydrogen) atoms. The number of carboxylic acids is 1. The number of hydrogen-bond donors (Lipinski definition) is 2. The third-order valence-corrected chi connectivity index (χ3v) is 3.77. The molecule has 0 saturated heterocycles. The predicted molar refractivity (Wildman–Crippen MR) is 90.3 cm³/mol. The molecular weight excluding hydrogens is 341 g/mol. The molecule has 134 valence electrons. The van der Waals surface area contributed by atoms with E-state index < -0.39 is 17.9 Å². The maximum atomic E-state index is 13.2. The molecule has 1 amide bonds. The normalized spacial score (nSPS) is 11.9. The average Bonchev–Trinajstić information content (AvgIpc) is 3.23. The number of halogens is 1. The van der Waals surface area contributed by atoms with Crippen LogP contribution in [0.4, 0.5) is 10.1 Å². The van der Waals surface area contributed by atoms with Gasteiger partial charge in [-0.1, -0.05) is 12.1 Å². The summed E-state index contributed by atoms with van der Waals surface area (Å²) in [4.78, 5) is 23.5. The van der Waals surface area contributed by atoms with E-state index in [-0.39, 0.29) is 11.5 Å². The molecule has 0 bridgehead atoms. The lowest BCUT2D eigenvalue weighted by atomic mass is 10.2. The van der Waals surface area contributed by atoms with Crippen LogP contribution in [0.5, 0.6) is 0 Å². The molecular formula is C17H16FN5O3. The van der Waals surface area contributed by atoms with E-state index in [4.69, 9.17) is 5.11 Å². The topological polar surface area (TPSA) is 102 Å². The summed E-state index contributed by atoms with van der Waals surface area (Å²) in [5, 5.41) is 19.8. The van der Waals surface area contributed by atoms with E-state index >= 15 is 0 Å². The highest BCUT2D eigenvalue weighted by molar-refractivity contribution is 5.94. The quantitative estimate of drug-likeness (QED) is 0.704. The minimum absolute atomic E-state index is 0.0746. The Bertz CT molecular complexity index is 949. The van der Waals surface area contributed by atoms with Crippen LogP contribution < -0.4 is 5.32 Å². The predicted octanol–water partition coefficient (Wildman–Crippen LogP) is 2.16. The number of carboxylic acid groups (broad SMARTS) is 1. The van der Waals surface area contributed by atoms with Gasteiger partial charge in [0.1, 0.15) is 17.6 Å². The molecule has 3 aromatic rings. The maximum Gasteiger partial charge on any atom is 0.354 e. The van der Waals surface area contributed by atoms with Gasteiger partial charge in [-0.2, -0.15) is 10.2 Å². The lowest BCUT2D eigenvalue weighted by molar-refractivity contribution is -0.119. The van der Waals surface area contributed by atoms with Gasteiger partial charge in [-0.3, -0.25) is 9.48 Å². The van der Waals surface area contributed by atoms with Gasteiger partial charge in [0.2, 0.25) is 5.91 Å². The van der Waals surface area contributed by atoms with Gasteiger partial charge in [0, 0.05) is 12.4 Å². The molecule has 0 aliphatic heterocycles. The van der Waals surface area contributed by atoms with Crippen LogP contribution in [0.25, 0.3) is 0 Å². The van der Waals surface area contributed by atoms with Crippen LogP contribution in [0, 0.1) is 5.82 Å². The monoisotopic (exact) mass is 357 g/mol. The van der Waals surface area contributed by atoms with Crippen molar-refractivity contribution in [2.75, 3.05) is 5.32 Å². The van der Waals surface area contributed by atoms with Crippen molar-refractivity contribution in [3.63, 3.8) is 0 Å². The summed E-state index contributed by atoms with van der Waals surface area (Å²) in [6, 6.07) is 6.66. The number of nitrogens with one attached hydrogen (secondary N) is 1. The van der Waals surface area contributed by atoms with Crippen molar-refractivity contribution in [1.82, 2.24) is 19.6 Å². The van der Waals surface area contributed by atoms with Crippen LogP contribution in [0.1, 0.15) is 29.0 Å². The van der Waals surface area contributed by atoms with E-state index in [0.717, 1.165) is 10.2 Å². The number of benzene rings is 1. The number of carbonyl (C=O) groups is 2. The van der Waals surface area contributed by atoms with Crippen LogP contribution in [-0.4, -0.2) is 36.5 Å². The fraction of sp³-hybridized carbons (Fsp3) is 0.176. The van der Waals surface area contributed by atoms with Gasteiger partial charge < -0.3 is 10.4 Å². The summed E-state index contributed by atoms with van der Waals surface area (Å²) in [6.45, 7) is 1.90. The third kappa shape index (κ3) is 3.77. The molecule has 1 atom stereocenters. The van der Waals surface area contributed by atoms with Crippen molar-refractivity contribution in [2.45, 2.75) is 19.5 Å². The first-order valence-electron chi connectivity index (χ1n) is 7.78. The number of carbonyl (C=O) groups excluding carboxylic acids is 1. The smallest absolute Gasteiger partial charge is 0.354 e. The Kier molecular flexibility index (Phi) is 4.78. The molecule has 0 radical (unpaired) electrons. The number of rotatable bonds is 6. The molecule has 1 unspecified atom stereocenters. The van der Waals surface area contributed by atoms with Crippen LogP contribution in [-0.2, 0) is 11.3 Å². The summed E-state index contributed by atoms with van der Waals surface area (Å²) < 4.78 is 15.9. The summed E-state index contributed by atoms with van der Waals surface area (Å²) in [6.07, 6.45) is 4.39. The Hall–Kier alpha value is -3.49. The van der Waals surface area contributed by atoms with E-state index in [2.05, 4.69) is 15.5 Å². The van der Waals surface area contributed by atoms with Gasteiger partial charge in [-0.15, -0.1) is 0 Å². The standard InChI is InChI=1S/C17H16FN5O3/c1-11(23-15(17(25)26)5-6-19-23)16(24)21-14-8-20-22(10-14)9-12-3-2-4-13(18)7-12/h2-8,10-11H,9H2,1H3,(H,21,24)(H,25,26). The highest BCUT2D eigenvalue weighted by Gasteiger charge is 2.21. The molecule has 9 heteroatoms. The molecule has 1 aromatic carbocycles. The first-order valence-corrected chi connectivity index (χ1v) is 7.78. The van der Waals surface area contributed by atoms with Gasteiger partial charge in [0.15, 0.2) is 0 Å². The van der Waals surface area contributed by atoms with Crippen molar-refractivity contribution >= 4 is 17.6 Å². The zero-order valence-corrected chi connectivity index (χ0v) is 13.8. The maximum absolute atomic E-state index is 13.2. The van der Waals surface area contributed by atoms with Gasteiger partial charge in [0.25, 0.3) is 0 Å². The Balaban J connectivity index is 1.67. The summed E-state index contributed by atoms with van der Waals surface area (Å²) in [5.74, 6) is -1.92. The second-order valence-corrected chi connectivity index (χ2v) is 5.69. The van der Waals surface area contributed by atoms with E-state index in [1.165, 1.54) is 30.6 Å². The summed E-state index contributed by atoms with van der Waals surface area (Å²) >= 11 is 0. The molecule has 2 aromatic heterocycles. The zero-order chi connectivity index (χ0) is 18.7. The molecule has 8 nitrogen and oxygen atoms in total. The fourth-order valence-electron chi connectivity index (χ4n) is 2.49. The van der Waals surface area contributed by atoms with Crippen molar-refractivity contribution in [3.05, 3.63) is 66.0 Å². The van der Waals surface area contributed by atoms with Crippen molar-refractivity contribution < 1.29 is 19.1 Å². The van der Waals surface area contributed by atoms with Gasteiger partial charge in [0.05, 0.1) is 18.4 Å². The van der Waals surface area contributed by atoms with Crippen molar-refractivity contribution in [2.24, 2.45) is 0 Å². The van der Waals surface area contributed by atoms with Crippen LogP contribution in [0.15, 0.2) is 48.9 Å². The van der Waals surface area contributed by atoms with Crippen molar-refractivity contribution in [1.29, 1.82) is 0 Å². The molecule has 2 N–H and O–H groups in total. The van der Waals surface area contributed by atoms with Gasteiger partial charge in [-0.25, -0.2) is 13.9 Å². The molecule has 0 aliphatic carbocycles. The largest absolute Gasteiger partial charge is 0.477 e. The highest BCUT2D eigenvalue weighted by atomic mass is 19.1. The third-order valence-electron chi connectivity index (χ3n) is 3.77. The number of amides is 1. The molecule has 0 saturated carbocycles. The first kappa shape index (κ1) is 17.3. The van der Waals surface area contributed by atoms with E-state index in [0.29, 0.717) is 12.2 Å². The Morgan fingerprint density at radius 3 is 2.85 bits per heavy atom. The van der Waals surface area contributed by atoms with Crippen LogP contribution >= 0.6 is 0 Å². The Labute approximate surface area is 147 Å². The van der Waals surface area contributed by atoms with Crippen LogP contribution in [0.3, 0.4) is 0 Å². The molecule has 0 fully saturated rings. The lowest BCUT2D eigenvalue weighted by Crippen LogP contribution is -2.26. The minimum Gasteiger partial charge on any atom is -0.477 e. The number of anilines is 1. The molecule has 0 aliphatic rings. The molecule has 2 heterocycles. The highest BCUT2D eigenvalue weighted by Crippen LogP contribution is 2.14. The number of aromatic nitrogens is 4. The second kappa shape index (κ2) is 7.18. The van der Waals surface area contributed by atoms with E-state index in [1.807, 2.05) is 0 Å². The van der Waals surface area contributed by atoms with Gasteiger partial charge in [-0.05, 0) is 30.7 Å². The van der Waals surface area contributed by atoms with E-state index in [1.54, 1.807) is 29.9 Å². The lowest BCUT2D eigenvalue weighted by Gasteiger charge is -2.13. The minimum atomic E-state index is -1.16. The number of hydrogen-bond acceptors (Lipinski definition) is 4. The van der Waals surface area contributed by atoms with E-state index in [9.17, 15) is 14.0 Å². The number of aromatic carboxylic acids is 1.